The van der Waals surface area contributed by atoms with Crippen molar-refractivity contribution in [3.63, 3.8) is 0 Å². The molecule has 0 unspecified atom stereocenters. The van der Waals surface area contributed by atoms with E-state index in [-0.39, 0.29) is 40.2 Å². The van der Waals surface area contributed by atoms with Crippen molar-refractivity contribution in [2.75, 3.05) is 29.3 Å². The number of hydrogen-bond donors (Lipinski definition) is 5. The van der Waals surface area contributed by atoms with Gasteiger partial charge in [0, 0.05) is 24.3 Å². The van der Waals surface area contributed by atoms with Gasteiger partial charge in [-0.3, -0.25) is 15.6 Å². The number of nitrogens with zero attached hydrogens (tertiary/aromatic N) is 3. The first-order chi connectivity index (χ1) is 22.1. The average molecular weight is 624 g/mol. The number of carbonyl (C=O) groups excluding carboxylic acids is 4. The fraction of sp³-hybridized carbons (Fsp3) is 0.121. The van der Waals surface area contributed by atoms with Crippen LogP contribution in [0.3, 0.4) is 0 Å². The van der Waals surface area contributed by atoms with Crippen molar-refractivity contribution in [2.24, 2.45) is 5.73 Å². The molecule has 0 aromatic heterocycles. The second kappa shape index (κ2) is 14.9. The number of carbonyl (C=O) groups is 5. The molecule has 0 fully saturated rings. The number of nitrogens with one attached hydrogen (secondary N) is 3. The number of hydrazine groups is 2. The van der Waals surface area contributed by atoms with Crippen LogP contribution in [0, 0.1) is 13.8 Å². The van der Waals surface area contributed by atoms with E-state index in [1.54, 1.807) is 84.9 Å². The molecule has 13 nitrogen and oxygen atoms in total. The summed E-state index contributed by atoms with van der Waals surface area (Å²) in [4.78, 5) is 67.1. The molecule has 6 N–H and O–H groups in total. The average Bonchev–Trinajstić information content (AvgIpc) is 3.03. The first-order valence-corrected chi connectivity index (χ1v) is 14.1. The number of urea groups is 3. The number of aryl methyl sites for hydroxylation is 2. The predicted molar refractivity (Wildman–Crippen MR) is 173 cm³/mol. The minimum atomic E-state index is -1.43. The molecular weight excluding hydrogens is 590 g/mol. The largest absolute Gasteiger partial charge is 0.478 e. The predicted octanol–water partition coefficient (Wildman–Crippen LogP) is 5.53. The molecule has 236 valence electrons. The number of para-hydroxylation sites is 3. The smallest absolute Gasteiger partial charge is 0.366 e. The molecule has 0 atom stereocenters. The molecule has 46 heavy (non-hydrogen) atoms. The summed E-state index contributed by atoms with van der Waals surface area (Å²) in [5, 5.41) is 13.6. The van der Waals surface area contributed by atoms with Crippen molar-refractivity contribution in [3.05, 3.63) is 125 Å². The molecular formula is C33H33N7O6. The molecule has 0 heterocycles. The molecule has 0 spiro atoms. The molecule has 4 rings (SSSR count). The van der Waals surface area contributed by atoms with Crippen LogP contribution in [0.15, 0.2) is 103 Å². The van der Waals surface area contributed by atoms with Crippen molar-refractivity contribution in [3.8, 4) is 0 Å². The van der Waals surface area contributed by atoms with E-state index in [9.17, 15) is 29.1 Å². The summed E-state index contributed by atoms with van der Waals surface area (Å²) < 4.78 is 0. The van der Waals surface area contributed by atoms with Crippen LogP contribution >= 0.6 is 0 Å². The zero-order valence-electron chi connectivity index (χ0n) is 25.1. The third-order valence-electron chi connectivity index (χ3n) is 6.73. The molecule has 0 aliphatic carbocycles. The standard InChI is InChI=1S/C33H33N7O6/c1-22-20-24(21-23(2)28(22)30(42)43)29(41)39(31(34)44)32(45)38(19-18-35-25-12-6-3-7-13-25)33(46)40(36-26-14-8-4-9-15-26)37-27-16-10-5-11-17-27/h3-17,20-21,35-37H,18-19H2,1-2H3,(H2,34,44)(H,42,43). The van der Waals surface area contributed by atoms with Gasteiger partial charge in [-0.25, -0.2) is 24.1 Å². The lowest BCUT2D eigenvalue weighted by molar-refractivity contribution is 0.0692. The maximum atomic E-state index is 14.2. The Hall–Kier alpha value is -6.37. The summed E-state index contributed by atoms with van der Waals surface area (Å²) >= 11 is 0. The molecule has 4 aromatic rings. The van der Waals surface area contributed by atoms with Crippen LogP contribution in [0.1, 0.15) is 31.8 Å². The van der Waals surface area contributed by atoms with Gasteiger partial charge in [0.25, 0.3) is 5.91 Å². The second-order valence-corrected chi connectivity index (χ2v) is 10.1. The lowest BCUT2D eigenvalue weighted by atomic mass is 9.99. The number of imide groups is 4. The van der Waals surface area contributed by atoms with E-state index in [0.29, 0.717) is 22.0 Å². The van der Waals surface area contributed by atoms with Crippen molar-refractivity contribution < 1.29 is 29.1 Å². The number of benzene rings is 4. The van der Waals surface area contributed by atoms with Crippen LogP contribution < -0.4 is 21.9 Å². The Kier molecular flexibility index (Phi) is 10.5. The number of hydrogen-bond acceptors (Lipinski definition) is 8. The third kappa shape index (κ3) is 7.96. The van der Waals surface area contributed by atoms with E-state index < -0.39 is 30.0 Å². The summed E-state index contributed by atoms with van der Waals surface area (Å²) in [6, 6.07) is 25.1. The highest BCUT2D eigenvalue weighted by molar-refractivity contribution is 6.17. The van der Waals surface area contributed by atoms with E-state index in [1.807, 2.05) is 6.07 Å². The normalized spacial score (nSPS) is 10.3. The topological polar surface area (TPSA) is 177 Å². The van der Waals surface area contributed by atoms with E-state index in [4.69, 9.17) is 5.73 Å². The number of carboxylic acids is 1. The Labute approximate surface area is 265 Å². The van der Waals surface area contributed by atoms with Crippen LogP contribution in [-0.4, -0.2) is 63.1 Å². The number of amides is 7. The molecule has 0 aliphatic heterocycles. The van der Waals surface area contributed by atoms with Crippen molar-refractivity contribution in [1.82, 2.24) is 14.9 Å². The van der Waals surface area contributed by atoms with Gasteiger partial charge in [-0.15, -0.1) is 5.12 Å². The number of carboxylic acid groups (broad SMARTS) is 1. The van der Waals surface area contributed by atoms with Gasteiger partial charge in [0.2, 0.25) is 0 Å². The molecule has 0 aliphatic rings. The van der Waals surface area contributed by atoms with Gasteiger partial charge in [0.1, 0.15) is 0 Å². The molecule has 0 bridgehead atoms. The maximum Gasteiger partial charge on any atom is 0.366 e. The van der Waals surface area contributed by atoms with Crippen molar-refractivity contribution >= 4 is 47.0 Å². The van der Waals surface area contributed by atoms with Crippen LogP contribution in [-0.2, 0) is 0 Å². The van der Waals surface area contributed by atoms with Gasteiger partial charge in [0.15, 0.2) is 0 Å². The molecule has 0 saturated heterocycles. The Balaban J connectivity index is 1.71. The van der Waals surface area contributed by atoms with Crippen LogP contribution in [0.5, 0.6) is 0 Å². The summed E-state index contributed by atoms with van der Waals surface area (Å²) in [5.41, 5.74) is 13.4. The third-order valence-corrected chi connectivity index (χ3v) is 6.73. The zero-order valence-corrected chi connectivity index (χ0v) is 25.1. The SMILES string of the molecule is Cc1cc(C(=O)N(C(N)=O)C(=O)N(CCNc2ccccc2)C(=O)N(Nc2ccccc2)Nc2ccccc2)cc(C)c1C(=O)O. The Morgan fingerprint density at radius 3 is 1.59 bits per heavy atom. The highest BCUT2D eigenvalue weighted by Crippen LogP contribution is 2.20. The van der Waals surface area contributed by atoms with Crippen molar-refractivity contribution in [2.45, 2.75) is 13.8 Å². The molecule has 0 radical (unpaired) electrons. The number of nitrogens with two attached hydrogens (primary N) is 1. The quantitative estimate of drug-likeness (QED) is 0.142. The first kappa shape index (κ1) is 32.5. The van der Waals surface area contributed by atoms with E-state index >= 15 is 0 Å². The van der Waals surface area contributed by atoms with Crippen LogP contribution in [0.2, 0.25) is 0 Å². The maximum absolute atomic E-state index is 14.2. The van der Waals surface area contributed by atoms with Gasteiger partial charge in [-0.2, -0.15) is 4.90 Å². The number of primary amides is 1. The summed E-state index contributed by atoms with van der Waals surface area (Å²) in [6.07, 6.45) is 0. The minimum Gasteiger partial charge on any atom is -0.478 e. The minimum absolute atomic E-state index is 0.0214. The van der Waals surface area contributed by atoms with Gasteiger partial charge in [-0.1, -0.05) is 54.6 Å². The number of aromatic carboxylic acids is 1. The second-order valence-electron chi connectivity index (χ2n) is 10.1. The molecule has 4 aromatic carbocycles. The fourth-order valence-electron chi connectivity index (χ4n) is 4.62. The highest BCUT2D eigenvalue weighted by Gasteiger charge is 2.37. The molecule has 7 amide bonds. The number of anilines is 3. The van der Waals surface area contributed by atoms with Crippen LogP contribution in [0.25, 0.3) is 0 Å². The Morgan fingerprint density at radius 2 is 1.15 bits per heavy atom. The first-order valence-electron chi connectivity index (χ1n) is 14.1. The highest BCUT2D eigenvalue weighted by atomic mass is 16.4. The zero-order chi connectivity index (χ0) is 33.2. The van der Waals surface area contributed by atoms with Gasteiger partial charge in [-0.05, 0) is 73.5 Å². The summed E-state index contributed by atoms with van der Waals surface area (Å²) in [7, 11) is 0. The Morgan fingerprint density at radius 1 is 0.696 bits per heavy atom. The fourth-order valence-corrected chi connectivity index (χ4v) is 4.62. The summed E-state index contributed by atoms with van der Waals surface area (Å²) in [6.45, 7) is 2.70. The van der Waals surface area contributed by atoms with Gasteiger partial charge in [0.05, 0.1) is 16.9 Å². The summed E-state index contributed by atoms with van der Waals surface area (Å²) in [5.74, 6) is -2.33. The van der Waals surface area contributed by atoms with Gasteiger partial charge < -0.3 is 16.2 Å². The lowest BCUT2D eigenvalue weighted by Gasteiger charge is -2.32. The Bertz CT molecular complexity index is 1650. The van der Waals surface area contributed by atoms with E-state index in [0.717, 1.165) is 5.12 Å². The number of rotatable bonds is 10. The van der Waals surface area contributed by atoms with E-state index in [1.165, 1.54) is 26.0 Å². The van der Waals surface area contributed by atoms with E-state index in [2.05, 4.69) is 16.2 Å². The van der Waals surface area contributed by atoms with Crippen molar-refractivity contribution in [1.29, 1.82) is 0 Å². The monoisotopic (exact) mass is 623 g/mol. The lowest BCUT2D eigenvalue weighted by Crippen LogP contribution is -2.58. The molecule has 13 heteroatoms. The molecule has 0 saturated carbocycles. The van der Waals surface area contributed by atoms with Crippen LogP contribution in [0.4, 0.5) is 31.4 Å². The van der Waals surface area contributed by atoms with Gasteiger partial charge >= 0.3 is 24.1 Å².